The fourth-order valence-electron chi connectivity index (χ4n) is 6.54. The van der Waals surface area contributed by atoms with Crippen LogP contribution in [0.2, 0.25) is 0 Å². The van der Waals surface area contributed by atoms with Crippen molar-refractivity contribution < 1.29 is 24.6 Å². The third kappa shape index (κ3) is 5.21. The predicted octanol–water partition coefficient (Wildman–Crippen LogP) is 3.09. The van der Waals surface area contributed by atoms with Crippen LogP contribution >= 0.6 is 0 Å². The number of β-amino-alcohol motifs (C(OH)–C–C–N with tert-alkyl or cyclic N) is 1. The SMILES string of the molecule is C[C@@H]1CN(C[C@H](O)CN2CCc3ccccc3C2)C(=O)c2ccc(OC3CC4CCC(C3)N4O)cc2O1. The number of hydrogen-bond acceptors (Lipinski definition) is 7. The molecule has 0 aromatic heterocycles. The molecule has 4 aliphatic heterocycles. The van der Waals surface area contributed by atoms with E-state index < -0.39 is 6.10 Å². The molecule has 6 rings (SSSR count). The maximum absolute atomic E-state index is 13.5. The standard InChI is InChI=1S/C29H37N3O5/c1-19-15-31(18-24(33)17-30-11-10-20-4-2-3-5-21(20)16-30)29(34)27-9-8-25(14-28(27)36-19)37-26-12-22-6-7-23(13-26)32(22)35/h2-5,8-9,14,19,22-24,26,33,35H,6-7,10-13,15-18H2,1H3/t19-,22?,23?,24-,26?/m1/s1. The third-order valence-corrected chi connectivity index (χ3v) is 8.34. The number of ether oxygens (including phenoxy) is 2. The Balaban J connectivity index is 1.09. The summed E-state index contributed by atoms with van der Waals surface area (Å²) in [5.74, 6) is 1.09. The first-order valence-corrected chi connectivity index (χ1v) is 13.6. The number of rotatable bonds is 6. The predicted molar refractivity (Wildman–Crippen MR) is 138 cm³/mol. The molecule has 0 aliphatic carbocycles. The maximum Gasteiger partial charge on any atom is 0.257 e. The zero-order chi connectivity index (χ0) is 25.5. The van der Waals surface area contributed by atoms with Crippen molar-refractivity contribution in [3.63, 3.8) is 0 Å². The third-order valence-electron chi connectivity index (χ3n) is 8.34. The van der Waals surface area contributed by atoms with Crippen LogP contribution in [0.5, 0.6) is 11.5 Å². The van der Waals surface area contributed by atoms with Gasteiger partial charge in [0.05, 0.1) is 18.2 Å². The Labute approximate surface area is 218 Å². The number of nitrogens with zero attached hydrogens (tertiary/aromatic N) is 3. The number of aliphatic hydroxyl groups excluding tert-OH is 1. The summed E-state index contributed by atoms with van der Waals surface area (Å²) in [5, 5.41) is 22.6. The normalized spacial score (nSPS) is 28.7. The molecule has 2 saturated heterocycles. The van der Waals surface area contributed by atoms with E-state index in [1.165, 1.54) is 16.2 Å². The molecule has 0 spiro atoms. The second kappa shape index (κ2) is 10.3. The molecule has 2 N–H and O–H groups in total. The van der Waals surface area contributed by atoms with E-state index >= 15 is 0 Å². The van der Waals surface area contributed by atoms with E-state index in [1.54, 1.807) is 11.0 Å². The van der Waals surface area contributed by atoms with Crippen LogP contribution in [0, 0.1) is 0 Å². The summed E-state index contributed by atoms with van der Waals surface area (Å²) >= 11 is 0. The molecule has 2 bridgehead atoms. The second-order valence-electron chi connectivity index (χ2n) is 11.2. The van der Waals surface area contributed by atoms with E-state index in [9.17, 15) is 15.1 Å². The number of amides is 1. The average Bonchev–Trinajstić information content (AvgIpc) is 3.03. The van der Waals surface area contributed by atoms with E-state index in [0.29, 0.717) is 30.2 Å². The fraction of sp³-hybridized carbons (Fsp3) is 0.552. The Morgan fingerprint density at radius 3 is 2.62 bits per heavy atom. The monoisotopic (exact) mass is 507 g/mol. The van der Waals surface area contributed by atoms with Gasteiger partial charge in [-0.3, -0.25) is 9.69 Å². The van der Waals surface area contributed by atoms with Crippen LogP contribution in [0.4, 0.5) is 0 Å². The number of fused-ring (bicyclic) bond motifs is 4. The van der Waals surface area contributed by atoms with Crippen LogP contribution in [-0.2, 0) is 13.0 Å². The molecule has 2 aromatic carbocycles. The van der Waals surface area contributed by atoms with Gasteiger partial charge < -0.3 is 24.7 Å². The molecule has 2 unspecified atom stereocenters. The minimum Gasteiger partial charge on any atom is -0.490 e. The topological polar surface area (TPSA) is 85.7 Å². The molecule has 4 atom stereocenters. The summed E-state index contributed by atoms with van der Waals surface area (Å²) in [6.07, 6.45) is 3.80. The van der Waals surface area contributed by atoms with Crippen LogP contribution in [0.15, 0.2) is 42.5 Å². The van der Waals surface area contributed by atoms with Crippen molar-refractivity contribution in [1.82, 2.24) is 14.9 Å². The van der Waals surface area contributed by atoms with Crippen LogP contribution in [0.25, 0.3) is 0 Å². The van der Waals surface area contributed by atoms with Crippen molar-refractivity contribution in [2.24, 2.45) is 0 Å². The van der Waals surface area contributed by atoms with Gasteiger partial charge in [-0.2, -0.15) is 5.06 Å². The summed E-state index contributed by atoms with van der Waals surface area (Å²) in [6.45, 7) is 4.90. The lowest BCUT2D eigenvalue weighted by molar-refractivity contribution is -0.164. The van der Waals surface area contributed by atoms with Gasteiger partial charge in [0.15, 0.2) is 0 Å². The quantitative estimate of drug-likeness (QED) is 0.622. The van der Waals surface area contributed by atoms with Gasteiger partial charge in [0.2, 0.25) is 0 Å². The lowest BCUT2D eigenvalue weighted by Crippen LogP contribution is -2.45. The van der Waals surface area contributed by atoms with Gasteiger partial charge in [-0.1, -0.05) is 24.3 Å². The number of benzene rings is 2. The van der Waals surface area contributed by atoms with Gasteiger partial charge in [-0.05, 0) is 49.4 Å². The summed E-state index contributed by atoms with van der Waals surface area (Å²) in [7, 11) is 0. The van der Waals surface area contributed by atoms with Gasteiger partial charge in [0, 0.05) is 57.2 Å². The Morgan fingerprint density at radius 2 is 1.84 bits per heavy atom. The Kier molecular flexibility index (Phi) is 6.84. The first-order valence-electron chi connectivity index (χ1n) is 13.6. The number of piperidine rings is 1. The van der Waals surface area contributed by atoms with Crippen LogP contribution in [-0.4, -0.2) is 87.7 Å². The summed E-state index contributed by atoms with van der Waals surface area (Å²) < 4.78 is 12.4. The number of carbonyl (C=O) groups excluding carboxylic acids is 1. The van der Waals surface area contributed by atoms with E-state index in [0.717, 1.165) is 45.2 Å². The largest absolute Gasteiger partial charge is 0.490 e. The molecule has 2 fully saturated rings. The molecule has 4 aliphatic rings. The number of hydrogen-bond donors (Lipinski definition) is 2. The van der Waals surface area contributed by atoms with Crippen LogP contribution in [0.3, 0.4) is 0 Å². The first kappa shape index (κ1) is 24.7. The fourth-order valence-corrected chi connectivity index (χ4v) is 6.54. The van der Waals surface area contributed by atoms with Crippen molar-refractivity contribution in [3.05, 3.63) is 59.2 Å². The van der Waals surface area contributed by atoms with Gasteiger partial charge in [-0.15, -0.1) is 0 Å². The highest BCUT2D eigenvalue weighted by Gasteiger charge is 2.41. The molecule has 8 heteroatoms. The Morgan fingerprint density at radius 1 is 1.08 bits per heavy atom. The highest BCUT2D eigenvalue weighted by Crippen LogP contribution is 2.37. The number of hydroxylamine groups is 2. The van der Waals surface area contributed by atoms with Gasteiger partial charge >= 0.3 is 0 Å². The van der Waals surface area contributed by atoms with Gasteiger partial charge in [0.25, 0.3) is 5.91 Å². The highest BCUT2D eigenvalue weighted by atomic mass is 16.5. The maximum atomic E-state index is 13.5. The van der Waals surface area contributed by atoms with Crippen molar-refractivity contribution in [2.75, 3.05) is 26.2 Å². The molecule has 0 radical (unpaired) electrons. The molecule has 4 heterocycles. The van der Waals surface area contributed by atoms with Crippen molar-refractivity contribution in [3.8, 4) is 11.5 Å². The van der Waals surface area contributed by atoms with Crippen molar-refractivity contribution in [2.45, 2.75) is 76.0 Å². The summed E-state index contributed by atoms with van der Waals surface area (Å²) in [4.78, 5) is 17.4. The van der Waals surface area contributed by atoms with Crippen LogP contribution < -0.4 is 9.47 Å². The van der Waals surface area contributed by atoms with Crippen LogP contribution in [0.1, 0.15) is 54.1 Å². The lowest BCUT2D eigenvalue weighted by atomic mass is 10.00. The lowest BCUT2D eigenvalue weighted by Gasteiger charge is -2.34. The van der Waals surface area contributed by atoms with Crippen molar-refractivity contribution >= 4 is 5.91 Å². The molecular weight excluding hydrogens is 470 g/mol. The van der Waals surface area contributed by atoms with E-state index in [4.69, 9.17) is 9.47 Å². The smallest absolute Gasteiger partial charge is 0.257 e. The minimum absolute atomic E-state index is 0.0475. The molecule has 8 nitrogen and oxygen atoms in total. The second-order valence-corrected chi connectivity index (χ2v) is 11.2. The van der Waals surface area contributed by atoms with E-state index in [-0.39, 0.29) is 36.7 Å². The average molecular weight is 508 g/mol. The first-order chi connectivity index (χ1) is 17.9. The number of carbonyl (C=O) groups is 1. The zero-order valence-corrected chi connectivity index (χ0v) is 21.5. The molecule has 0 saturated carbocycles. The summed E-state index contributed by atoms with van der Waals surface area (Å²) in [5.41, 5.74) is 3.20. The number of aliphatic hydroxyl groups is 1. The molecular formula is C29H37N3O5. The molecule has 37 heavy (non-hydrogen) atoms. The van der Waals surface area contributed by atoms with Gasteiger partial charge in [-0.25, -0.2) is 0 Å². The Hall–Kier alpha value is -2.65. The molecule has 1 amide bonds. The van der Waals surface area contributed by atoms with E-state index in [2.05, 4.69) is 29.2 Å². The molecule has 198 valence electrons. The Bertz CT molecular complexity index is 1130. The van der Waals surface area contributed by atoms with E-state index in [1.807, 2.05) is 19.1 Å². The summed E-state index contributed by atoms with van der Waals surface area (Å²) in [6, 6.07) is 14.2. The highest BCUT2D eigenvalue weighted by molar-refractivity contribution is 5.97. The van der Waals surface area contributed by atoms with Crippen molar-refractivity contribution in [1.29, 1.82) is 0 Å². The molecule has 2 aromatic rings. The minimum atomic E-state index is -0.640. The van der Waals surface area contributed by atoms with Gasteiger partial charge in [0.1, 0.15) is 23.7 Å². The zero-order valence-electron chi connectivity index (χ0n) is 21.5.